The van der Waals surface area contributed by atoms with Gasteiger partial charge in [-0.2, -0.15) is 0 Å². The number of hydrogen-bond acceptors (Lipinski definition) is 6. The molecule has 1 spiro atoms. The van der Waals surface area contributed by atoms with Crippen molar-refractivity contribution in [2.45, 2.75) is 87.9 Å². The van der Waals surface area contributed by atoms with Gasteiger partial charge in [-0.25, -0.2) is 0 Å². The Balaban J connectivity index is 1.62. The number of aliphatic hydroxyl groups is 1. The molecular formula is C27H39N3O5S. The minimum absolute atomic E-state index is 0.00790. The average molecular weight is 518 g/mol. The van der Waals surface area contributed by atoms with Crippen LogP contribution in [0.2, 0.25) is 0 Å². The molecule has 3 aliphatic heterocycles. The molecule has 36 heavy (non-hydrogen) atoms. The molecule has 3 N–H and O–H groups in total. The van der Waals surface area contributed by atoms with Crippen molar-refractivity contribution in [1.82, 2.24) is 10.2 Å². The Bertz CT molecular complexity index is 969. The van der Waals surface area contributed by atoms with Crippen LogP contribution in [0.1, 0.15) is 59.8 Å². The summed E-state index contributed by atoms with van der Waals surface area (Å²) < 4.78 is 4.83. The van der Waals surface area contributed by atoms with E-state index in [0.717, 1.165) is 25.0 Å². The van der Waals surface area contributed by atoms with E-state index in [4.69, 9.17) is 4.74 Å². The normalized spacial score (nSPS) is 30.1. The highest BCUT2D eigenvalue weighted by atomic mass is 32.2. The minimum Gasteiger partial charge on any atom is -0.494 e. The van der Waals surface area contributed by atoms with Gasteiger partial charge in [-0.3, -0.25) is 14.4 Å². The van der Waals surface area contributed by atoms with Crippen LogP contribution >= 0.6 is 11.8 Å². The number of rotatable bonds is 11. The molecule has 3 fully saturated rings. The maximum atomic E-state index is 14.0. The molecule has 1 aromatic rings. The van der Waals surface area contributed by atoms with Gasteiger partial charge < -0.3 is 25.4 Å². The fourth-order valence-corrected chi connectivity index (χ4v) is 8.56. The van der Waals surface area contributed by atoms with Gasteiger partial charge >= 0.3 is 0 Å². The highest BCUT2D eigenvalue weighted by molar-refractivity contribution is 8.02. The summed E-state index contributed by atoms with van der Waals surface area (Å²) in [6, 6.07) is 6.06. The predicted molar refractivity (Wildman–Crippen MR) is 141 cm³/mol. The monoisotopic (exact) mass is 517 g/mol. The maximum Gasteiger partial charge on any atom is 0.244 e. The molecule has 9 heteroatoms. The Hall–Kier alpha value is -2.26. The molecule has 3 unspecified atom stereocenters. The number of aliphatic hydroxyl groups excluding tert-OH is 1. The Morgan fingerprint density at radius 3 is 2.56 bits per heavy atom. The van der Waals surface area contributed by atoms with E-state index in [2.05, 4.69) is 17.6 Å². The third-order valence-electron chi connectivity index (χ3n) is 7.91. The summed E-state index contributed by atoms with van der Waals surface area (Å²) in [5.74, 6) is -0.907. The Morgan fingerprint density at radius 1 is 1.22 bits per heavy atom. The first-order chi connectivity index (χ1) is 17.3. The van der Waals surface area contributed by atoms with Crippen molar-refractivity contribution in [3.05, 3.63) is 24.3 Å². The van der Waals surface area contributed by atoms with E-state index in [1.807, 2.05) is 32.9 Å². The minimum atomic E-state index is -0.690. The second-order valence-corrected chi connectivity index (χ2v) is 11.8. The van der Waals surface area contributed by atoms with Crippen molar-refractivity contribution in [2.75, 3.05) is 18.5 Å². The second kappa shape index (κ2) is 11.0. The number of carbonyl (C=O) groups is 3. The van der Waals surface area contributed by atoms with E-state index in [0.29, 0.717) is 25.1 Å². The molecule has 4 rings (SSSR count). The number of hydrogen-bond donors (Lipinski definition) is 3. The van der Waals surface area contributed by atoms with Crippen LogP contribution in [0.25, 0.3) is 0 Å². The first kappa shape index (κ1) is 26.8. The molecule has 0 saturated carbocycles. The van der Waals surface area contributed by atoms with Crippen LogP contribution in [0.5, 0.6) is 5.75 Å². The topological polar surface area (TPSA) is 108 Å². The Labute approximate surface area is 217 Å². The molecule has 7 atom stereocenters. The lowest BCUT2D eigenvalue weighted by Crippen LogP contribution is -2.57. The standard InChI is InChI=1S/C27H39N3O5S/c1-5-8-16(4)28-25(33)23-27-14-13-20(36-27)21(22(27)26(34)30(23)18(6-2)15-31)24(32)29-17-9-11-19(12-10-17)35-7-3/h9-12,16,18,20-23,31H,5-8,13-15H2,1-4H3,(H,28,33)(H,29,32)/t16?,18-,20-,21+,22-,23?,27?/m0/s1. The second-order valence-electron chi connectivity index (χ2n) is 10.2. The summed E-state index contributed by atoms with van der Waals surface area (Å²) in [6.45, 7) is 8.23. The van der Waals surface area contributed by atoms with Gasteiger partial charge in [0, 0.05) is 17.0 Å². The SMILES string of the molecule is CCCC(C)NC(=O)C1N([C@@H](CC)CO)C(=O)[C@@H]2[C@H](C(=O)Nc3ccc(OCC)cc3)[C@@H]3CCC12S3. The average Bonchev–Trinajstić information content (AvgIpc) is 3.49. The first-order valence-electron chi connectivity index (χ1n) is 13.3. The smallest absolute Gasteiger partial charge is 0.244 e. The van der Waals surface area contributed by atoms with Gasteiger partial charge in [0.25, 0.3) is 0 Å². The van der Waals surface area contributed by atoms with Gasteiger partial charge in [-0.15, -0.1) is 11.8 Å². The van der Waals surface area contributed by atoms with Crippen LogP contribution in [-0.2, 0) is 14.4 Å². The van der Waals surface area contributed by atoms with Gasteiger partial charge in [0.1, 0.15) is 11.8 Å². The maximum absolute atomic E-state index is 14.0. The quantitative estimate of drug-likeness (QED) is 0.416. The first-order valence-corrected chi connectivity index (χ1v) is 14.1. The molecule has 3 aliphatic rings. The molecule has 1 aromatic carbocycles. The number of ether oxygens (including phenoxy) is 1. The molecule has 0 aromatic heterocycles. The van der Waals surface area contributed by atoms with Crippen molar-refractivity contribution >= 4 is 35.2 Å². The van der Waals surface area contributed by atoms with Crippen LogP contribution in [0, 0.1) is 11.8 Å². The summed E-state index contributed by atoms with van der Waals surface area (Å²) in [7, 11) is 0. The number of carbonyl (C=O) groups excluding carboxylic acids is 3. The molecule has 3 amide bonds. The molecule has 0 radical (unpaired) electrons. The highest BCUT2D eigenvalue weighted by Crippen LogP contribution is 2.66. The summed E-state index contributed by atoms with van der Waals surface area (Å²) in [4.78, 5) is 42.8. The van der Waals surface area contributed by atoms with Crippen molar-refractivity contribution in [1.29, 1.82) is 0 Å². The summed E-state index contributed by atoms with van der Waals surface area (Å²) in [5.41, 5.74) is 0.650. The van der Waals surface area contributed by atoms with Crippen LogP contribution in [-0.4, -0.2) is 69.1 Å². The van der Waals surface area contributed by atoms with Crippen molar-refractivity contribution in [3.8, 4) is 5.75 Å². The predicted octanol–water partition coefficient (Wildman–Crippen LogP) is 3.19. The number of likely N-dealkylation sites (tertiary alicyclic amines) is 1. The Kier molecular flexibility index (Phi) is 8.19. The van der Waals surface area contributed by atoms with Crippen LogP contribution < -0.4 is 15.4 Å². The van der Waals surface area contributed by atoms with Crippen molar-refractivity contribution in [3.63, 3.8) is 0 Å². The number of nitrogens with zero attached hydrogens (tertiary/aromatic N) is 1. The zero-order valence-corrected chi connectivity index (χ0v) is 22.5. The van der Waals surface area contributed by atoms with Crippen molar-refractivity contribution < 1.29 is 24.2 Å². The van der Waals surface area contributed by atoms with Crippen LogP contribution in [0.15, 0.2) is 24.3 Å². The van der Waals surface area contributed by atoms with Gasteiger partial charge in [-0.05, 0) is 63.8 Å². The molecule has 8 nitrogen and oxygen atoms in total. The number of anilines is 1. The number of fused-ring (bicyclic) bond motifs is 1. The van der Waals surface area contributed by atoms with E-state index < -0.39 is 28.7 Å². The van der Waals surface area contributed by atoms with Crippen molar-refractivity contribution in [2.24, 2.45) is 11.8 Å². The Morgan fingerprint density at radius 2 is 1.94 bits per heavy atom. The summed E-state index contributed by atoms with van der Waals surface area (Å²) in [5, 5.41) is 16.2. The van der Waals surface area contributed by atoms with Gasteiger partial charge in [0.15, 0.2) is 0 Å². The molecule has 0 aliphatic carbocycles. The van der Waals surface area contributed by atoms with E-state index >= 15 is 0 Å². The van der Waals surface area contributed by atoms with Gasteiger partial charge in [0.05, 0.1) is 35.8 Å². The molecule has 3 heterocycles. The van der Waals surface area contributed by atoms with E-state index in [1.54, 1.807) is 28.8 Å². The number of thioether (sulfide) groups is 1. The van der Waals surface area contributed by atoms with Crippen LogP contribution in [0.3, 0.4) is 0 Å². The third-order valence-corrected chi connectivity index (χ3v) is 9.86. The number of benzene rings is 1. The van der Waals surface area contributed by atoms with Gasteiger partial charge in [-0.1, -0.05) is 20.3 Å². The lowest BCUT2D eigenvalue weighted by Gasteiger charge is -2.37. The highest BCUT2D eigenvalue weighted by Gasteiger charge is 2.74. The van der Waals surface area contributed by atoms with E-state index in [9.17, 15) is 19.5 Å². The molecule has 2 bridgehead atoms. The zero-order chi connectivity index (χ0) is 26.0. The van der Waals surface area contributed by atoms with Crippen LogP contribution in [0.4, 0.5) is 5.69 Å². The fourth-order valence-electron chi connectivity index (χ4n) is 6.35. The zero-order valence-electron chi connectivity index (χ0n) is 21.7. The third kappa shape index (κ3) is 4.60. The lowest BCUT2D eigenvalue weighted by molar-refractivity contribution is -0.142. The number of amides is 3. The largest absolute Gasteiger partial charge is 0.494 e. The van der Waals surface area contributed by atoms with Gasteiger partial charge in [0.2, 0.25) is 17.7 Å². The van der Waals surface area contributed by atoms with E-state index in [-0.39, 0.29) is 35.6 Å². The summed E-state index contributed by atoms with van der Waals surface area (Å²) >= 11 is 1.64. The molecule has 3 saturated heterocycles. The molecule has 198 valence electrons. The lowest BCUT2D eigenvalue weighted by atomic mass is 9.70. The van der Waals surface area contributed by atoms with E-state index in [1.165, 1.54) is 0 Å². The number of nitrogens with one attached hydrogen (secondary N) is 2. The molecular weight excluding hydrogens is 478 g/mol. The fraction of sp³-hybridized carbons (Fsp3) is 0.667. The summed E-state index contributed by atoms with van der Waals surface area (Å²) in [6.07, 6.45) is 3.83.